The Hall–Kier alpha value is -0.570. The van der Waals surface area contributed by atoms with Gasteiger partial charge >= 0.3 is 0 Å². The van der Waals surface area contributed by atoms with Crippen LogP contribution in [-0.4, -0.2) is 41.6 Å². The Bertz CT molecular complexity index is 428. The van der Waals surface area contributed by atoms with E-state index in [4.69, 9.17) is 18.8 Å². The van der Waals surface area contributed by atoms with Crippen molar-refractivity contribution in [2.24, 2.45) is 0 Å². The van der Waals surface area contributed by atoms with Gasteiger partial charge in [0.2, 0.25) is 0 Å². The first kappa shape index (κ1) is 17.5. The third-order valence-electron chi connectivity index (χ3n) is 2.36. The summed E-state index contributed by atoms with van der Waals surface area (Å²) in [6, 6.07) is 3.60. The van der Waals surface area contributed by atoms with E-state index >= 15 is 0 Å². The average Bonchev–Trinajstić information content (AvgIpc) is 2.46. The molecule has 0 saturated carbocycles. The summed E-state index contributed by atoms with van der Waals surface area (Å²) in [4.78, 5) is 0.880. The molecule has 1 aromatic carbocycles. The van der Waals surface area contributed by atoms with Crippen molar-refractivity contribution in [1.82, 2.24) is 0 Å². The molecule has 1 rings (SSSR count). The summed E-state index contributed by atoms with van der Waals surface area (Å²) in [6.45, 7) is 0. The van der Waals surface area contributed by atoms with Crippen LogP contribution in [0.25, 0.3) is 0 Å². The van der Waals surface area contributed by atoms with Gasteiger partial charge in [0.1, 0.15) is 22.1 Å². The Balaban J connectivity index is 2.69. The Labute approximate surface area is 129 Å². The molecular weight excluding hydrogens is 320 g/mol. The predicted molar refractivity (Wildman–Crippen MR) is 84.7 cm³/mol. The van der Waals surface area contributed by atoms with Crippen LogP contribution in [0.4, 0.5) is 0 Å². The minimum atomic E-state index is -1.72. The first-order chi connectivity index (χ1) is 9.62. The van der Waals surface area contributed by atoms with Crippen molar-refractivity contribution in [3.63, 3.8) is 0 Å². The zero-order valence-corrected chi connectivity index (χ0v) is 14.0. The lowest BCUT2D eigenvalue weighted by molar-refractivity contribution is 0.362. The van der Waals surface area contributed by atoms with Crippen molar-refractivity contribution < 1.29 is 23.0 Å². The molecule has 0 heterocycles. The van der Waals surface area contributed by atoms with Gasteiger partial charge in [0.15, 0.2) is 11.1 Å². The van der Waals surface area contributed by atoms with E-state index in [1.54, 1.807) is 44.3 Å². The van der Waals surface area contributed by atoms with E-state index in [0.29, 0.717) is 29.4 Å². The van der Waals surface area contributed by atoms with Crippen molar-refractivity contribution in [2.45, 2.75) is 11.3 Å². The number of hydrogen-bond acceptors (Lipinski definition) is 6. The number of rotatable bonds is 9. The van der Waals surface area contributed by atoms with Gasteiger partial charge in [-0.1, -0.05) is 10.8 Å². The average molecular weight is 338 g/mol. The third-order valence-corrected chi connectivity index (χ3v) is 5.49. The van der Waals surface area contributed by atoms with Crippen LogP contribution in [0.2, 0.25) is 0 Å². The van der Waals surface area contributed by atoms with E-state index in [-0.39, 0.29) is 0 Å². The number of hydrogen-bond donors (Lipinski definition) is 1. The van der Waals surface area contributed by atoms with E-state index in [1.165, 1.54) is 10.8 Å². The summed E-state index contributed by atoms with van der Waals surface area (Å²) in [5, 5.41) is 0. The summed E-state index contributed by atoms with van der Waals surface area (Å²) in [5.41, 5.74) is 0. The molecule has 20 heavy (non-hydrogen) atoms. The molecule has 0 bridgehead atoms. The fraction of sp³-hybridized carbons (Fsp3) is 0.500. The monoisotopic (exact) mass is 338 g/mol. The topological polar surface area (TPSA) is 65.0 Å². The number of ether oxygens (including phenoxy) is 3. The number of methoxy groups -OCH3 is 3. The van der Waals surface area contributed by atoms with Crippen LogP contribution < -0.4 is 14.2 Å². The zero-order valence-electron chi connectivity index (χ0n) is 11.6. The highest BCUT2D eigenvalue weighted by molar-refractivity contribution is 8.76. The standard InChI is InChI=1S/C12H18O5S3/c1-15-9-7-10(16-2)12(11(8-9)17-3)19-18-5-4-6-20(13)14/h7-8H,4-6H2,1-3H3,(H,13,14). The Morgan fingerprint density at radius 2 is 1.75 bits per heavy atom. The van der Waals surface area contributed by atoms with E-state index in [2.05, 4.69) is 0 Å². The van der Waals surface area contributed by atoms with Gasteiger partial charge in [0.05, 0.1) is 27.1 Å². The molecule has 0 aliphatic carbocycles. The summed E-state index contributed by atoms with van der Waals surface area (Å²) < 4.78 is 35.1. The molecule has 1 atom stereocenters. The second kappa shape index (κ2) is 9.38. The first-order valence-corrected chi connectivity index (χ1v) is 9.38. The van der Waals surface area contributed by atoms with Crippen LogP contribution in [0.15, 0.2) is 17.0 Å². The molecule has 0 spiro atoms. The highest BCUT2D eigenvalue weighted by Crippen LogP contribution is 2.46. The van der Waals surface area contributed by atoms with Gasteiger partial charge < -0.3 is 18.8 Å². The molecule has 8 heteroatoms. The maximum atomic E-state index is 10.5. The van der Waals surface area contributed by atoms with Crippen molar-refractivity contribution in [1.29, 1.82) is 0 Å². The largest absolute Gasteiger partial charge is 0.496 e. The lowest BCUT2D eigenvalue weighted by Crippen LogP contribution is -1.96. The second-order valence-corrected chi connectivity index (χ2v) is 7.12. The highest BCUT2D eigenvalue weighted by Gasteiger charge is 2.14. The van der Waals surface area contributed by atoms with E-state index in [1.807, 2.05) is 0 Å². The molecule has 0 aromatic heterocycles. The van der Waals surface area contributed by atoms with E-state index in [0.717, 1.165) is 10.6 Å². The van der Waals surface area contributed by atoms with Crippen molar-refractivity contribution in [3.05, 3.63) is 12.1 Å². The Morgan fingerprint density at radius 3 is 2.20 bits per heavy atom. The first-order valence-electron chi connectivity index (χ1n) is 5.79. The van der Waals surface area contributed by atoms with Gasteiger partial charge in [-0.15, -0.1) is 0 Å². The van der Waals surface area contributed by atoms with E-state index < -0.39 is 11.1 Å². The fourth-order valence-corrected chi connectivity index (χ4v) is 4.33. The maximum Gasteiger partial charge on any atom is 0.152 e. The quantitative estimate of drug-likeness (QED) is 0.422. The second-order valence-electron chi connectivity index (χ2n) is 3.65. The number of benzene rings is 1. The van der Waals surface area contributed by atoms with Gasteiger partial charge in [0.25, 0.3) is 0 Å². The van der Waals surface area contributed by atoms with Crippen LogP contribution in [0.5, 0.6) is 17.2 Å². The Morgan fingerprint density at radius 1 is 1.15 bits per heavy atom. The lowest BCUT2D eigenvalue weighted by Gasteiger charge is -2.14. The molecule has 1 N–H and O–H groups in total. The van der Waals surface area contributed by atoms with Gasteiger partial charge in [-0.3, -0.25) is 0 Å². The summed E-state index contributed by atoms with van der Waals surface area (Å²) in [6.07, 6.45) is 0.682. The minimum absolute atomic E-state index is 0.296. The molecule has 0 fully saturated rings. The van der Waals surface area contributed by atoms with Crippen molar-refractivity contribution in [2.75, 3.05) is 32.8 Å². The summed E-state index contributed by atoms with van der Waals surface area (Å²) >= 11 is -1.72. The SMILES string of the molecule is COc1cc(OC)c(SSCCCS(=O)O)c(OC)c1. The molecule has 5 nitrogen and oxygen atoms in total. The van der Waals surface area contributed by atoms with Gasteiger partial charge in [-0.2, -0.15) is 0 Å². The molecule has 0 radical (unpaired) electrons. The van der Waals surface area contributed by atoms with Crippen molar-refractivity contribution in [3.8, 4) is 17.2 Å². The van der Waals surface area contributed by atoms with Crippen molar-refractivity contribution >= 4 is 32.7 Å². The van der Waals surface area contributed by atoms with Gasteiger partial charge in [-0.25, -0.2) is 4.21 Å². The van der Waals surface area contributed by atoms with E-state index in [9.17, 15) is 4.21 Å². The predicted octanol–water partition coefficient (Wildman–Crippen LogP) is 3.06. The summed E-state index contributed by atoms with van der Waals surface area (Å²) in [7, 11) is 7.89. The lowest BCUT2D eigenvalue weighted by atomic mass is 10.3. The molecule has 1 unspecified atom stereocenters. The molecule has 114 valence electrons. The fourth-order valence-electron chi connectivity index (χ4n) is 1.40. The molecule has 0 saturated heterocycles. The van der Waals surface area contributed by atoms with Crippen LogP contribution >= 0.6 is 21.6 Å². The molecule has 1 aromatic rings. The van der Waals surface area contributed by atoms with Crippen LogP contribution in [0.1, 0.15) is 6.42 Å². The highest BCUT2D eigenvalue weighted by atomic mass is 33.1. The molecule has 0 aliphatic heterocycles. The maximum absolute atomic E-state index is 10.5. The van der Waals surface area contributed by atoms with Crippen LogP contribution in [0.3, 0.4) is 0 Å². The van der Waals surface area contributed by atoms with Gasteiger partial charge in [0, 0.05) is 17.9 Å². The van der Waals surface area contributed by atoms with Crippen LogP contribution in [-0.2, 0) is 11.1 Å². The smallest absolute Gasteiger partial charge is 0.152 e. The van der Waals surface area contributed by atoms with Crippen LogP contribution in [0, 0.1) is 0 Å². The zero-order chi connectivity index (χ0) is 15.0. The molecular formula is C12H18O5S3. The normalized spacial score (nSPS) is 12.0. The Kier molecular flexibility index (Phi) is 8.20. The summed E-state index contributed by atoms with van der Waals surface area (Å²) in [5.74, 6) is 3.11. The molecule has 0 amide bonds. The minimum Gasteiger partial charge on any atom is -0.496 e. The van der Waals surface area contributed by atoms with Gasteiger partial charge in [-0.05, 0) is 17.2 Å². The third kappa shape index (κ3) is 5.43. The molecule has 0 aliphatic rings.